The van der Waals surface area contributed by atoms with Crippen molar-refractivity contribution >= 4 is 52.1 Å². The standard InChI is InChI=1S/C44H14F15N5O2/c45-30-27(31(46)37(52)42(57)36(30)51)24-17-6-4-15(60-17)23(13-2-1-3-14(12-13)64(65)66)16-5-7-18(61-16)25(28-32(47)38(53)43(58)39(54)33(28)48)20-9-11-22(63-20)26(21-10-8-19(24)62-21)29-34(49)40(55)44(59)41(56)35(29)50/h1-12,60-61H. The molecule has 0 radical (unpaired) electrons. The summed E-state index contributed by atoms with van der Waals surface area (Å²) >= 11 is 0. The Morgan fingerprint density at radius 1 is 0.364 bits per heavy atom. The number of nitro benzene ring substituents is 1. The van der Waals surface area contributed by atoms with E-state index in [4.69, 9.17) is 0 Å². The summed E-state index contributed by atoms with van der Waals surface area (Å²) in [6.45, 7) is 0. The molecule has 8 bridgehead atoms. The van der Waals surface area contributed by atoms with Crippen LogP contribution in [0.1, 0.15) is 22.8 Å². The van der Waals surface area contributed by atoms with E-state index in [2.05, 4.69) is 19.9 Å². The van der Waals surface area contributed by atoms with E-state index in [1.807, 2.05) is 0 Å². The van der Waals surface area contributed by atoms with Crippen LogP contribution in [0.5, 0.6) is 0 Å². The zero-order valence-corrected chi connectivity index (χ0v) is 31.8. The lowest BCUT2D eigenvalue weighted by Gasteiger charge is -2.11. The van der Waals surface area contributed by atoms with E-state index in [0.29, 0.717) is 0 Å². The van der Waals surface area contributed by atoms with Gasteiger partial charge < -0.3 is 9.97 Å². The second kappa shape index (κ2) is 15.5. The molecule has 4 aromatic carbocycles. The summed E-state index contributed by atoms with van der Waals surface area (Å²) < 4.78 is 228. The molecular formula is C44H14F15N5O2. The maximum absolute atomic E-state index is 15.8. The molecule has 66 heavy (non-hydrogen) atoms. The molecule has 2 aliphatic rings. The van der Waals surface area contributed by atoms with Crippen LogP contribution in [0.4, 0.5) is 71.5 Å². The van der Waals surface area contributed by atoms with E-state index in [-0.39, 0.29) is 22.2 Å². The number of fused-ring (bicyclic) bond motifs is 8. The number of hydrogen-bond acceptors (Lipinski definition) is 4. The average Bonchev–Trinajstić information content (AvgIpc) is 4.16. The van der Waals surface area contributed by atoms with Gasteiger partial charge in [0.15, 0.2) is 69.8 Å². The lowest BCUT2D eigenvalue weighted by molar-refractivity contribution is -0.384. The van der Waals surface area contributed by atoms with Crippen molar-refractivity contribution in [2.75, 3.05) is 0 Å². The third-order valence-electron chi connectivity index (χ3n) is 10.5. The third kappa shape index (κ3) is 6.41. The molecule has 0 saturated carbocycles. The molecule has 9 rings (SSSR count). The number of benzene rings is 4. The van der Waals surface area contributed by atoms with Gasteiger partial charge in [0.25, 0.3) is 5.69 Å². The molecule has 7 nitrogen and oxygen atoms in total. The third-order valence-corrected chi connectivity index (χ3v) is 10.5. The van der Waals surface area contributed by atoms with Crippen molar-refractivity contribution in [2.45, 2.75) is 0 Å². The SMILES string of the molecule is O=[N+]([O-])c1cccc(-c2c3ccc([nH]3)c(-c3c(F)c(F)c(F)c(F)c3F)c3nc(c(-c4c(F)c(F)c(F)c(F)c4F)c4nc(c(-c5c(F)c(F)c(F)c(F)c5F)c5ccc2[nH]5)C=C4)C=C3)c1. The Balaban J connectivity index is 1.57. The Morgan fingerprint density at radius 3 is 0.985 bits per heavy atom. The number of aromatic amines is 2. The van der Waals surface area contributed by atoms with Crippen molar-refractivity contribution < 1.29 is 70.8 Å². The number of rotatable bonds is 5. The van der Waals surface area contributed by atoms with E-state index in [9.17, 15) is 49.6 Å². The molecule has 332 valence electrons. The zero-order valence-electron chi connectivity index (χ0n) is 31.8. The molecule has 2 aliphatic heterocycles. The van der Waals surface area contributed by atoms with Gasteiger partial charge in [-0.1, -0.05) is 12.1 Å². The molecule has 2 N–H and O–H groups in total. The molecule has 5 heterocycles. The minimum Gasteiger partial charge on any atom is -0.354 e. The summed E-state index contributed by atoms with van der Waals surface area (Å²) in [4.78, 5) is 24.6. The fraction of sp³-hybridized carbons (Fsp3) is 0. The van der Waals surface area contributed by atoms with Crippen LogP contribution >= 0.6 is 0 Å². The Bertz CT molecular complexity index is 3340. The molecule has 0 saturated heterocycles. The predicted octanol–water partition coefficient (Wildman–Crippen LogP) is 13.3. The van der Waals surface area contributed by atoms with Gasteiger partial charge in [-0.3, -0.25) is 10.1 Å². The zero-order chi connectivity index (χ0) is 47.4. The number of hydrogen-bond donors (Lipinski definition) is 2. The van der Waals surface area contributed by atoms with Crippen molar-refractivity contribution in [1.82, 2.24) is 19.9 Å². The number of aromatic nitrogens is 4. The highest BCUT2D eigenvalue weighted by molar-refractivity contribution is 6.00. The Morgan fingerprint density at radius 2 is 0.652 bits per heavy atom. The summed E-state index contributed by atoms with van der Waals surface area (Å²) in [6.07, 6.45) is 3.01. The fourth-order valence-electron chi connectivity index (χ4n) is 7.55. The summed E-state index contributed by atoms with van der Waals surface area (Å²) in [7, 11) is 0. The molecule has 0 atom stereocenters. The van der Waals surface area contributed by atoms with Crippen LogP contribution in [0, 0.1) is 97.4 Å². The van der Waals surface area contributed by atoms with Crippen LogP contribution in [-0.2, 0) is 0 Å². The van der Waals surface area contributed by atoms with Crippen LogP contribution in [0.3, 0.4) is 0 Å². The summed E-state index contributed by atoms with van der Waals surface area (Å²) in [5.41, 5.74) is -14.0. The van der Waals surface area contributed by atoms with Gasteiger partial charge in [0.1, 0.15) is 0 Å². The minimum absolute atomic E-state index is 0.0767. The van der Waals surface area contributed by atoms with E-state index in [1.165, 1.54) is 12.1 Å². The van der Waals surface area contributed by atoms with Gasteiger partial charge in [0, 0.05) is 56.5 Å². The van der Waals surface area contributed by atoms with E-state index < -0.39 is 165 Å². The quantitative estimate of drug-likeness (QED) is 0.0590. The first-order valence-corrected chi connectivity index (χ1v) is 18.3. The molecule has 0 spiro atoms. The number of non-ortho nitro benzene ring substituents is 1. The number of nitrogens with zero attached hydrogens (tertiary/aromatic N) is 3. The second-order valence-electron chi connectivity index (χ2n) is 14.1. The maximum Gasteiger partial charge on any atom is 0.270 e. The van der Waals surface area contributed by atoms with E-state index in [1.54, 1.807) is 0 Å². The summed E-state index contributed by atoms with van der Waals surface area (Å²) in [5.74, 6) is -37.5. The molecule has 0 unspecified atom stereocenters. The molecule has 3 aromatic heterocycles. The Labute approximate surface area is 355 Å². The van der Waals surface area contributed by atoms with E-state index >= 15 is 26.3 Å². The van der Waals surface area contributed by atoms with Crippen molar-refractivity contribution in [1.29, 1.82) is 0 Å². The smallest absolute Gasteiger partial charge is 0.270 e. The Kier molecular flexibility index (Phi) is 10.1. The van der Waals surface area contributed by atoms with Crippen LogP contribution in [0.2, 0.25) is 0 Å². The van der Waals surface area contributed by atoms with Gasteiger partial charge in [-0.05, 0) is 54.1 Å². The van der Waals surface area contributed by atoms with Crippen molar-refractivity contribution in [3.8, 4) is 44.5 Å². The molecule has 0 aliphatic carbocycles. The largest absolute Gasteiger partial charge is 0.354 e. The first-order valence-electron chi connectivity index (χ1n) is 18.3. The van der Waals surface area contributed by atoms with Gasteiger partial charge in [-0.2, -0.15) is 0 Å². The second-order valence-corrected chi connectivity index (χ2v) is 14.1. The highest BCUT2D eigenvalue weighted by Gasteiger charge is 2.34. The molecule has 7 aromatic rings. The lowest BCUT2D eigenvalue weighted by Crippen LogP contribution is -2.06. The van der Waals surface area contributed by atoms with Crippen molar-refractivity contribution in [2.24, 2.45) is 0 Å². The van der Waals surface area contributed by atoms with Crippen LogP contribution in [-0.4, -0.2) is 24.9 Å². The van der Waals surface area contributed by atoms with Gasteiger partial charge in [-0.15, -0.1) is 0 Å². The minimum atomic E-state index is -2.65. The van der Waals surface area contributed by atoms with Gasteiger partial charge >= 0.3 is 0 Å². The monoisotopic (exact) mass is 929 g/mol. The molecule has 0 amide bonds. The number of halogens is 15. The highest BCUT2D eigenvalue weighted by Crippen LogP contribution is 2.44. The average molecular weight is 930 g/mol. The first-order chi connectivity index (χ1) is 31.3. The van der Waals surface area contributed by atoms with Gasteiger partial charge in [0.2, 0.25) is 17.5 Å². The first kappa shape index (κ1) is 43.1. The lowest BCUT2D eigenvalue weighted by atomic mass is 10.00. The Hall–Kier alpha value is -8.17. The maximum atomic E-state index is 15.8. The molecular weight excluding hydrogens is 915 g/mol. The number of nitro groups is 1. The van der Waals surface area contributed by atoms with Gasteiger partial charge in [0.05, 0.1) is 44.4 Å². The van der Waals surface area contributed by atoms with Crippen LogP contribution < -0.4 is 0 Å². The van der Waals surface area contributed by atoms with Crippen molar-refractivity contribution in [3.63, 3.8) is 0 Å². The normalized spacial score (nSPS) is 12.2. The summed E-state index contributed by atoms with van der Waals surface area (Å²) in [6, 6.07) is 8.77. The fourth-order valence-corrected chi connectivity index (χ4v) is 7.55. The predicted molar refractivity (Wildman–Crippen MR) is 207 cm³/mol. The molecule has 0 fully saturated rings. The van der Waals surface area contributed by atoms with Crippen molar-refractivity contribution in [3.05, 3.63) is 169 Å². The van der Waals surface area contributed by atoms with Crippen LogP contribution in [0.15, 0.2) is 48.5 Å². The van der Waals surface area contributed by atoms with Gasteiger partial charge in [-0.25, -0.2) is 75.8 Å². The molecule has 22 heteroatoms. The number of H-pyrrole nitrogens is 2. The topological polar surface area (TPSA) is 100 Å². The summed E-state index contributed by atoms with van der Waals surface area (Å²) in [5, 5.41) is 11.9. The van der Waals surface area contributed by atoms with E-state index in [0.717, 1.165) is 60.7 Å². The highest BCUT2D eigenvalue weighted by atomic mass is 19.2. The van der Waals surface area contributed by atoms with Crippen LogP contribution in [0.25, 0.3) is 90.9 Å². The number of nitrogens with one attached hydrogen (secondary N) is 2.